The zero-order chi connectivity index (χ0) is 28.3. The minimum Gasteiger partial charge on any atom is -0.483 e. The summed E-state index contributed by atoms with van der Waals surface area (Å²) >= 11 is 0. The molecule has 38 heavy (non-hydrogen) atoms. The second-order valence-electron chi connectivity index (χ2n) is 11.2. The molecular formula is C30H33F3N2O3. The molecule has 5 nitrogen and oxygen atoms in total. The van der Waals surface area contributed by atoms with Crippen LogP contribution in [0.3, 0.4) is 0 Å². The van der Waals surface area contributed by atoms with Crippen molar-refractivity contribution in [2.45, 2.75) is 58.5 Å². The molecule has 0 radical (unpaired) electrons. The Labute approximate surface area is 221 Å². The summed E-state index contributed by atoms with van der Waals surface area (Å²) in [5.41, 5.74) is 1.61. The SMILES string of the molecule is CC(C)(C)c1ccc(OCC(=O)Nc2cccc(C(=O)Nc3cccc(C(F)(F)F)c3)c2)c(C(C)(C)C)c1. The van der Waals surface area contributed by atoms with Crippen LogP contribution in [0.1, 0.15) is 68.6 Å². The topological polar surface area (TPSA) is 67.4 Å². The highest BCUT2D eigenvalue weighted by Crippen LogP contribution is 2.35. The van der Waals surface area contributed by atoms with E-state index in [1.165, 1.54) is 29.8 Å². The van der Waals surface area contributed by atoms with Crippen molar-refractivity contribution in [1.29, 1.82) is 0 Å². The highest BCUT2D eigenvalue weighted by Gasteiger charge is 2.30. The van der Waals surface area contributed by atoms with E-state index in [0.717, 1.165) is 17.7 Å². The monoisotopic (exact) mass is 526 g/mol. The average Bonchev–Trinajstić information content (AvgIpc) is 2.81. The Hall–Kier alpha value is -3.81. The van der Waals surface area contributed by atoms with Gasteiger partial charge in [-0.1, -0.05) is 65.8 Å². The maximum Gasteiger partial charge on any atom is 0.416 e. The number of benzene rings is 3. The number of nitrogens with one attached hydrogen (secondary N) is 2. The first-order chi connectivity index (χ1) is 17.5. The largest absolute Gasteiger partial charge is 0.483 e. The molecule has 0 aliphatic rings. The molecule has 0 unspecified atom stereocenters. The van der Waals surface area contributed by atoms with Gasteiger partial charge in [0, 0.05) is 16.9 Å². The molecule has 2 amide bonds. The van der Waals surface area contributed by atoms with Crippen LogP contribution in [0.2, 0.25) is 0 Å². The lowest BCUT2D eigenvalue weighted by Crippen LogP contribution is -2.23. The van der Waals surface area contributed by atoms with Crippen LogP contribution in [0.25, 0.3) is 0 Å². The first-order valence-corrected chi connectivity index (χ1v) is 12.2. The summed E-state index contributed by atoms with van der Waals surface area (Å²) in [5, 5.41) is 5.16. The van der Waals surface area contributed by atoms with E-state index in [0.29, 0.717) is 11.4 Å². The van der Waals surface area contributed by atoms with Crippen LogP contribution in [-0.4, -0.2) is 18.4 Å². The van der Waals surface area contributed by atoms with Crippen molar-refractivity contribution < 1.29 is 27.5 Å². The van der Waals surface area contributed by atoms with E-state index in [-0.39, 0.29) is 28.7 Å². The van der Waals surface area contributed by atoms with Gasteiger partial charge in [0.1, 0.15) is 5.75 Å². The fraction of sp³-hybridized carbons (Fsp3) is 0.333. The molecule has 0 aliphatic carbocycles. The average molecular weight is 527 g/mol. The summed E-state index contributed by atoms with van der Waals surface area (Å²) < 4.78 is 44.7. The van der Waals surface area contributed by atoms with E-state index in [9.17, 15) is 22.8 Å². The van der Waals surface area contributed by atoms with Crippen LogP contribution in [-0.2, 0) is 21.8 Å². The van der Waals surface area contributed by atoms with Gasteiger partial charge in [0.05, 0.1) is 5.56 Å². The minimum absolute atomic E-state index is 0.0137. The van der Waals surface area contributed by atoms with E-state index in [4.69, 9.17) is 4.74 Å². The Morgan fingerprint density at radius 1 is 0.737 bits per heavy atom. The second kappa shape index (κ2) is 10.9. The fourth-order valence-corrected chi connectivity index (χ4v) is 3.76. The van der Waals surface area contributed by atoms with Crippen molar-refractivity contribution >= 4 is 23.2 Å². The molecule has 0 atom stereocenters. The van der Waals surface area contributed by atoms with Gasteiger partial charge >= 0.3 is 6.18 Å². The van der Waals surface area contributed by atoms with Crippen LogP contribution in [0.5, 0.6) is 5.75 Å². The maximum absolute atomic E-state index is 13.0. The van der Waals surface area contributed by atoms with Crippen LogP contribution in [0.4, 0.5) is 24.5 Å². The third-order valence-electron chi connectivity index (χ3n) is 5.87. The lowest BCUT2D eigenvalue weighted by Gasteiger charge is -2.27. The Morgan fingerprint density at radius 2 is 1.37 bits per heavy atom. The van der Waals surface area contributed by atoms with Crippen molar-refractivity contribution in [3.63, 3.8) is 0 Å². The third-order valence-corrected chi connectivity index (χ3v) is 5.87. The molecule has 202 valence electrons. The van der Waals surface area contributed by atoms with Crippen LogP contribution in [0.15, 0.2) is 66.7 Å². The summed E-state index contributed by atoms with van der Waals surface area (Å²) in [4.78, 5) is 25.3. The minimum atomic E-state index is -4.52. The normalized spacial score (nSPS) is 12.1. The lowest BCUT2D eigenvalue weighted by molar-refractivity contribution is -0.137. The van der Waals surface area contributed by atoms with Gasteiger partial charge in [-0.25, -0.2) is 0 Å². The standard InChI is InChI=1S/C30H33F3N2O3/c1-28(2,3)20-13-14-25(24(17-20)29(4,5)6)38-18-26(36)34-22-11-7-9-19(15-22)27(37)35-23-12-8-10-21(16-23)30(31,32)33/h7-17H,18H2,1-6H3,(H,34,36)(H,35,37). The highest BCUT2D eigenvalue weighted by atomic mass is 19.4. The van der Waals surface area contributed by atoms with E-state index < -0.39 is 23.6 Å². The number of carbonyl (C=O) groups excluding carboxylic acids is 2. The Balaban J connectivity index is 1.67. The van der Waals surface area contributed by atoms with Crippen molar-refractivity contribution in [3.05, 3.63) is 89.0 Å². The van der Waals surface area contributed by atoms with Gasteiger partial charge in [-0.05, 0) is 64.4 Å². The summed E-state index contributed by atoms with van der Waals surface area (Å²) in [7, 11) is 0. The number of halogens is 3. The van der Waals surface area contributed by atoms with Crippen molar-refractivity contribution in [2.75, 3.05) is 17.2 Å². The summed E-state index contributed by atoms with van der Waals surface area (Å²) in [6, 6.07) is 16.5. The number of carbonyl (C=O) groups is 2. The summed E-state index contributed by atoms with van der Waals surface area (Å²) in [5.74, 6) is -0.402. The third kappa shape index (κ3) is 7.60. The molecule has 0 aromatic heterocycles. The molecule has 3 aromatic carbocycles. The molecule has 3 aromatic rings. The van der Waals surface area contributed by atoms with E-state index >= 15 is 0 Å². The van der Waals surface area contributed by atoms with Crippen molar-refractivity contribution in [2.24, 2.45) is 0 Å². The first-order valence-electron chi connectivity index (χ1n) is 12.2. The predicted octanol–water partition coefficient (Wildman–Crippen LogP) is 7.57. The van der Waals surface area contributed by atoms with Crippen molar-refractivity contribution in [3.8, 4) is 5.75 Å². The Morgan fingerprint density at radius 3 is 1.97 bits per heavy atom. The molecular weight excluding hydrogens is 493 g/mol. The molecule has 0 aliphatic heterocycles. The zero-order valence-electron chi connectivity index (χ0n) is 22.4. The smallest absolute Gasteiger partial charge is 0.416 e. The Kier molecular flexibility index (Phi) is 8.24. The molecule has 0 saturated carbocycles. The number of anilines is 2. The maximum atomic E-state index is 13.0. The second-order valence-corrected chi connectivity index (χ2v) is 11.2. The highest BCUT2D eigenvalue weighted by molar-refractivity contribution is 6.05. The number of alkyl halides is 3. The molecule has 8 heteroatoms. The van der Waals surface area contributed by atoms with E-state index in [1.807, 2.05) is 12.1 Å². The molecule has 0 heterocycles. The van der Waals surface area contributed by atoms with Crippen molar-refractivity contribution in [1.82, 2.24) is 0 Å². The van der Waals surface area contributed by atoms with Gasteiger partial charge in [-0.2, -0.15) is 13.2 Å². The van der Waals surface area contributed by atoms with Crippen LogP contribution in [0, 0.1) is 0 Å². The summed E-state index contributed by atoms with van der Waals surface area (Å²) in [6.07, 6.45) is -4.52. The van der Waals surface area contributed by atoms with Gasteiger partial charge in [-0.15, -0.1) is 0 Å². The number of hydrogen-bond acceptors (Lipinski definition) is 3. The van der Waals surface area contributed by atoms with E-state index in [2.05, 4.69) is 58.2 Å². The van der Waals surface area contributed by atoms with E-state index in [1.54, 1.807) is 12.1 Å². The number of hydrogen-bond donors (Lipinski definition) is 2. The molecule has 2 N–H and O–H groups in total. The number of ether oxygens (including phenoxy) is 1. The van der Waals surface area contributed by atoms with Gasteiger partial charge in [0.2, 0.25) is 0 Å². The Bertz CT molecular complexity index is 1320. The summed E-state index contributed by atoms with van der Waals surface area (Å²) in [6.45, 7) is 12.4. The first kappa shape index (κ1) is 28.8. The molecule has 0 bridgehead atoms. The molecule has 3 rings (SSSR count). The zero-order valence-corrected chi connectivity index (χ0v) is 22.4. The van der Waals surface area contributed by atoms with Gasteiger partial charge in [0.15, 0.2) is 6.61 Å². The number of amides is 2. The molecule has 0 spiro atoms. The van der Waals surface area contributed by atoms with Gasteiger partial charge < -0.3 is 15.4 Å². The van der Waals surface area contributed by atoms with Gasteiger partial charge in [-0.3, -0.25) is 9.59 Å². The molecule has 0 fully saturated rings. The number of rotatable bonds is 6. The quantitative estimate of drug-likeness (QED) is 0.348. The van der Waals surface area contributed by atoms with Crippen LogP contribution >= 0.6 is 0 Å². The van der Waals surface area contributed by atoms with Gasteiger partial charge in [0.25, 0.3) is 11.8 Å². The lowest BCUT2D eigenvalue weighted by atomic mass is 9.80. The van der Waals surface area contributed by atoms with Crippen LogP contribution < -0.4 is 15.4 Å². The molecule has 0 saturated heterocycles. The predicted molar refractivity (Wildman–Crippen MR) is 144 cm³/mol. The fourth-order valence-electron chi connectivity index (χ4n) is 3.76.